The van der Waals surface area contributed by atoms with Crippen LogP contribution in [0.2, 0.25) is 0 Å². The standard InChI is InChI=1S/C17H20BNO3/c1-16(2)17(3,4)22-18(21-16)12-5-6-13-14-11(8-10-20-13)7-9-19-15(12)14/h5-7,9H,8,10H2,1-4H3. The van der Waals surface area contributed by atoms with E-state index in [0.717, 1.165) is 35.1 Å². The van der Waals surface area contributed by atoms with Crippen LogP contribution in [0.15, 0.2) is 24.4 Å². The van der Waals surface area contributed by atoms with Crippen LogP contribution in [0.3, 0.4) is 0 Å². The largest absolute Gasteiger partial charge is 0.497 e. The number of ether oxygens (including phenoxy) is 1. The molecule has 0 aliphatic carbocycles. The first-order valence-electron chi connectivity index (χ1n) is 7.78. The lowest BCUT2D eigenvalue weighted by Gasteiger charge is -2.32. The van der Waals surface area contributed by atoms with E-state index in [1.807, 2.05) is 18.3 Å². The lowest BCUT2D eigenvalue weighted by molar-refractivity contribution is 0.00578. The molecule has 2 aromatic rings. The van der Waals surface area contributed by atoms with Crippen LogP contribution in [-0.2, 0) is 15.7 Å². The molecule has 4 nitrogen and oxygen atoms in total. The first-order chi connectivity index (χ1) is 10.4. The molecular formula is C17H20BNO3. The predicted molar refractivity (Wildman–Crippen MR) is 86.7 cm³/mol. The van der Waals surface area contributed by atoms with Gasteiger partial charge in [0.05, 0.1) is 23.3 Å². The Morgan fingerprint density at radius 2 is 1.77 bits per heavy atom. The van der Waals surface area contributed by atoms with Crippen molar-refractivity contribution in [3.8, 4) is 5.75 Å². The zero-order valence-corrected chi connectivity index (χ0v) is 13.5. The second kappa shape index (κ2) is 4.46. The van der Waals surface area contributed by atoms with E-state index in [2.05, 4.69) is 38.7 Å². The molecule has 0 saturated carbocycles. The topological polar surface area (TPSA) is 40.6 Å². The van der Waals surface area contributed by atoms with E-state index in [4.69, 9.17) is 14.0 Å². The zero-order chi connectivity index (χ0) is 15.5. The minimum Gasteiger partial charge on any atom is -0.493 e. The maximum atomic E-state index is 6.19. The molecule has 114 valence electrons. The van der Waals surface area contributed by atoms with Gasteiger partial charge in [0.1, 0.15) is 5.75 Å². The number of hydrogen-bond donors (Lipinski definition) is 0. The summed E-state index contributed by atoms with van der Waals surface area (Å²) in [5, 5.41) is 1.10. The highest BCUT2D eigenvalue weighted by Crippen LogP contribution is 2.38. The summed E-state index contributed by atoms with van der Waals surface area (Å²) in [5.74, 6) is 0.907. The van der Waals surface area contributed by atoms with Gasteiger partial charge in [0.15, 0.2) is 0 Å². The number of rotatable bonds is 1. The second-order valence-corrected chi connectivity index (χ2v) is 7.03. The molecule has 0 spiro atoms. The molecule has 0 atom stereocenters. The lowest BCUT2D eigenvalue weighted by atomic mass is 9.77. The Bertz CT molecular complexity index is 731. The number of hydrogen-bond acceptors (Lipinski definition) is 4. The summed E-state index contributed by atoms with van der Waals surface area (Å²) in [6.07, 6.45) is 2.78. The molecule has 1 aromatic carbocycles. The van der Waals surface area contributed by atoms with Gasteiger partial charge in [0.25, 0.3) is 0 Å². The Morgan fingerprint density at radius 3 is 2.50 bits per heavy atom. The van der Waals surface area contributed by atoms with E-state index < -0.39 is 7.12 Å². The van der Waals surface area contributed by atoms with Gasteiger partial charge in [-0.1, -0.05) is 6.07 Å². The van der Waals surface area contributed by atoms with E-state index in [9.17, 15) is 0 Å². The van der Waals surface area contributed by atoms with Gasteiger partial charge in [-0.15, -0.1) is 0 Å². The Hall–Kier alpha value is -1.59. The molecule has 3 heterocycles. The van der Waals surface area contributed by atoms with Gasteiger partial charge in [-0.25, -0.2) is 0 Å². The summed E-state index contributed by atoms with van der Waals surface area (Å²) < 4.78 is 18.1. The van der Waals surface area contributed by atoms with Crippen LogP contribution in [0.5, 0.6) is 5.75 Å². The van der Waals surface area contributed by atoms with Crippen molar-refractivity contribution in [1.82, 2.24) is 4.98 Å². The first kappa shape index (κ1) is 14.0. The Morgan fingerprint density at radius 1 is 1.05 bits per heavy atom. The molecule has 0 amide bonds. The van der Waals surface area contributed by atoms with Crippen molar-refractivity contribution >= 4 is 23.5 Å². The van der Waals surface area contributed by atoms with Crippen LogP contribution in [0.4, 0.5) is 0 Å². The van der Waals surface area contributed by atoms with Gasteiger partial charge in [-0.05, 0) is 45.4 Å². The van der Waals surface area contributed by atoms with Crippen molar-refractivity contribution in [2.45, 2.75) is 45.3 Å². The normalized spacial score (nSPS) is 21.9. The number of pyridine rings is 1. The van der Waals surface area contributed by atoms with Crippen molar-refractivity contribution in [1.29, 1.82) is 0 Å². The molecule has 2 aliphatic heterocycles. The van der Waals surface area contributed by atoms with Crippen molar-refractivity contribution in [2.75, 3.05) is 6.61 Å². The predicted octanol–water partition coefficient (Wildman–Crippen LogP) is 2.47. The average molecular weight is 297 g/mol. The van der Waals surface area contributed by atoms with E-state index in [1.54, 1.807) is 0 Å². The summed E-state index contributed by atoms with van der Waals surface area (Å²) in [4.78, 5) is 4.58. The third-order valence-corrected chi connectivity index (χ3v) is 5.11. The quantitative estimate of drug-likeness (QED) is 0.758. The van der Waals surface area contributed by atoms with E-state index in [1.165, 1.54) is 5.56 Å². The van der Waals surface area contributed by atoms with Gasteiger partial charge in [-0.2, -0.15) is 0 Å². The van der Waals surface area contributed by atoms with Gasteiger partial charge in [-0.3, -0.25) is 4.98 Å². The third-order valence-electron chi connectivity index (χ3n) is 5.11. The third kappa shape index (κ3) is 1.89. The van der Waals surface area contributed by atoms with Gasteiger partial charge in [0, 0.05) is 23.5 Å². The fourth-order valence-corrected chi connectivity index (χ4v) is 3.08. The Balaban J connectivity index is 1.87. The molecule has 22 heavy (non-hydrogen) atoms. The van der Waals surface area contributed by atoms with Gasteiger partial charge < -0.3 is 14.0 Å². The summed E-state index contributed by atoms with van der Waals surface area (Å²) in [6, 6.07) is 6.09. The molecule has 5 heteroatoms. The highest BCUT2D eigenvalue weighted by Gasteiger charge is 2.52. The maximum absolute atomic E-state index is 6.19. The molecule has 2 aliphatic rings. The van der Waals surface area contributed by atoms with Crippen LogP contribution in [0.25, 0.3) is 10.9 Å². The SMILES string of the molecule is CC1(C)OB(c2ccc3c4c(ccnc24)CCO3)OC1(C)C. The molecule has 0 bridgehead atoms. The van der Waals surface area contributed by atoms with Crippen molar-refractivity contribution in [3.63, 3.8) is 0 Å². The highest BCUT2D eigenvalue weighted by molar-refractivity contribution is 6.65. The van der Waals surface area contributed by atoms with Crippen LogP contribution < -0.4 is 10.2 Å². The molecular weight excluding hydrogens is 277 g/mol. The fourth-order valence-electron chi connectivity index (χ4n) is 3.08. The van der Waals surface area contributed by atoms with E-state index in [-0.39, 0.29) is 11.2 Å². The average Bonchev–Trinajstić information content (AvgIpc) is 2.68. The van der Waals surface area contributed by atoms with Crippen molar-refractivity contribution in [3.05, 3.63) is 30.0 Å². The summed E-state index contributed by atoms with van der Waals surface area (Å²) in [7, 11) is -0.399. The number of benzene rings is 1. The molecule has 0 radical (unpaired) electrons. The molecule has 1 fully saturated rings. The van der Waals surface area contributed by atoms with Crippen LogP contribution in [-0.4, -0.2) is 29.9 Å². The zero-order valence-electron chi connectivity index (χ0n) is 13.5. The maximum Gasteiger partial charge on any atom is 0.497 e. The van der Waals surface area contributed by atoms with Crippen molar-refractivity contribution < 1.29 is 14.0 Å². The summed E-state index contributed by atoms with van der Waals surface area (Å²) in [6.45, 7) is 8.98. The van der Waals surface area contributed by atoms with E-state index in [0.29, 0.717) is 0 Å². The van der Waals surface area contributed by atoms with Gasteiger partial charge >= 0.3 is 7.12 Å². The molecule has 0 unspecified atom stereocenters. The highest BCUT2D eigenvalue weighted by atomic mass is 16.7. The smallest absolute Gasteiger partial charge is 0.493 e. The number of aromatic nitrogens is 1. The second-order valence-electron chi connectivity index (χ2n) is 7.03. The number of nitrogens with zero attached hydrogens (tertiary/aromatic N) is 1. The fraction of sp³-hybridized carbons (Fsp3) is 0.471. The Labute approximate surface area is 130 Å². The molecule has 4 rings (SSSR count). The van der Waals surface area contributed by atoms with E-state index >= 15 is 0 Å². The van der Waals surface area contributed by atoms with Crippen LogP contribution in [0, 0.1) is 0 Å². The molecule has 1 aromatic heterocycles. The van der Waals surface area contributed by atoms with Crippen LogP contribution >= 0.6 is 0 Å². The first-order valence-corrected chi connectivity index (χ1v) is 7.78. The lowest BCUT2D eigenvalue weighted by Crippen LogP contribution is -2.41. The Kier molecular flexibility index (Phi) is 2.85. The summed E-state index contributed by atoms with van der Waals surface area (Å²) >= 11 is 0. The van der Waals surface area contributed by atoms with Crippen LogP contribution in [0.1, 0.15) is 33.3 Å². The minimum atomic E-state index is -0.399. The monoisotopic (exact) mass is 297 g/mol. The summed E-state index contributed by atoms with van der Waals surface area (Å²) in [5.41, 5.74) is 2.48. The minimum absolute atomic E-state index is 0.353. The molecule has 0 N–H and O–H groups in total. The van der Waals surface area contributed by atoms with Gasteiger partial charge in [0.2, 0.25) is 0 Å². The van der Waals surface area contributed by atoms with Crippen molar-refractivity contribution in [2.24, 2.45) is 0 Å². The molecule has 1 saturated heterocycles.